The molecule has 0 spiro atoms. The molecule has 0 heterocycles. The Hall–Kier alpha value is -4.42. The molecule has 2 amide bonds. The van der Waals surface area contributed by atoms with Crippen LogP contribution in [0.15, 0.2) is 108 Å². The second kappa shape index (κ2) is 15.4. The molecule has 0 aromatic heterocycles. The lowest BCUT2D eigenvalue weighted by Gasteiger charge is -2.34. The van der Waals surface area contributed by atoms with Crippen LogP contribution in [-0.2, 0) is 38.8 Å². The molecule has 0 aliphatic carbocycles. The number of alkyl halides is 3. The number of nitrogens with zero attached hydrogens (tertiary/aromatic N) is 2. The van der Waals surface area contributed by atoms with E-state index >= 15 is 0 Å². The van der Waals surface area contributed by atoms with E-state index < -0.39 is 69.2 Å². The smallest absolute Gasteiger partial charge is 0.354 e. The van der Waals surface area contributed by atoms with E-state index in [4.69, 9.17) is 11.6 Å². The molecular weight excluding hydrogens is 658 g/mol. The molecule has 7 nitrogen and oxygen atoms in total. The maximum absolute atomic E-state index is 15.0. The summed E-state index contributed by atoms with van der Waals surface area (Å²) in [6.45, 7) is 0.654. The summed E-state index contributed by atoms with van der Waals surface area (Å²) in [5.74, 6) is -2.19. The van der Waals surface area contributed by atoms with Crippen molar-refractivity contribution in [3.05, 3.63) is 131 Å². The Morgan fingerprint density at radius 1 is 0.894 bits per heavy atom. The topological polar surface area (TPSA) is 86.8 Å². The van der Waals surface area contributed by atoms with Gasteiger partial charge in [0, 0.05) is 25.1 Å². The zero-order valence-corrected chi connectivity index (χ0v) is 26.8. The number of hydrogen-bond donors (Lipinski definition) is 1. The zero-order chi connectivity index (χ0) is 34.2. The first-order chi connectivity index (χ1) is 22.3. The fraction of sp³-hybridized carbons (Fsp3) is 0.235. The summed E-state index contributed by atoms with van der Waals surface area (Å²) in [4.78, 5) is 28.7. The standard InChI is InChI=1S/C34H32ClF4N3O4S/c1-2-19-40-33(44)31(20-24-11-5-3-6-12-24)41(22-25-13-9-10-16-30(25)36)32(43)23-42(47(45,46)27-14-7-4-8-15-27)26-17-18-29(35)28(21-26)34(37,38)39/h3-18,21,31H,2,19-20,22-23H2,1H3,(H,40,44)/t31-/m0/s1. The highest BCUT2D eigenvalue weighted by molar-refractivity contribution is 7.92. The second-order valence-corrected chi connectivity index (χ2v) is 12.9. The molecule has 1 N–H and O–H groups in total. The van der Waals surface area contributed by atoms with Gasteiger partial charge < -0.3 is 10.2 Å². The van der Waals surface area contributed by atoms with Gasteiger partial charge in [-0.15, -0.1) is 0 Å². The fourth-order valence-corrected chi connectivity index (χ4v) is 6.52. The summed E-state index contributed by atoms with van der Waals surface area (Å²) in [7, 11) is -4.66. The Kier molecular flexibility index (Phi) is 11.6. The van der Waals surface area contributed by atoms with E-state index in [-0.39, 0.29) is 23.4 Å². The van der Waals surface area contributed by atoms with E-state index in [9.17, 15) is 35.6 Å². The monoisotopic (exact) mass is 689 g/mol. The van der Waals surface area contributed by atoms with Crippen LogP contribution in [0.1, 0.15) is 30.0 Å². The number of nitrogens with one attached hydrogen (secondary N) is 1. The van der Waals surface area contributed by atoms with Gasteiger partial charge in [0.15, 0.2) is 0 Å². The lowest BCUT2D eigenvalue weighted by Crippen LogP contribution is -2.53. The van der Waals surface area contributed by atoms with Crippen LogP contribution in [0.3, 0.4) is 0 Å². The van der Waals surface area contributed by atoms with Crippen molar-refractivity contribution in [2.75, 3.05) is 17.4 Å². The predicted molar refractivity (Wildman–Crippen MR) is 172 cm³/mol. The number of halogens is 5. The minimum atomic E-state index is -4.94. The van der Waals surface area contributed by atoms with Crippen molar-refractivity contribution < 1.29 is 35.6 Å². The van der Waals surface area contributed by atoms with Gasteiger partial charge in [0.05, 0.1) is 21.2 Å². The highest BCUT2D eigenvalue weighted by Gasteiger charge is 2.37. The molecule has 0 saturated carbocycles. The summed E-state index contributed by atoms with van der Waals surface area (Å²) >= 11 is 5.83. The second-order valence-electron chi connectivity index (χ2n) is 10.6. The first-order valence-electron chi connectivity index (χ1n) is 14.6. The number of hydrogen-bond acceptors (Lipinski definition) is 4. The van der Waals surface area contributed by atoms with Crippen LogP contribution in [0.5, 0.6) is 0 Å². The molecular formula is C34H32ClF4N3O4S. The van der Waals surface area contributed by atoms with Crippen LogP contribution in [0.25, 0.3) is 0 Å². The number of anilines is 1. The highest BCUT2D eigenvalue weighted by Crippen LogP contribution is 2.38. The number of sulfonamides is 1. The van der Waals surface area contributed by atoms with Gasteiger partial charge in [-0.05, 0) is 48.4 Å². The SMILES string of the molecule is CCCNC(=O)[C@H](Cc1ccccc1)N(Cc1ccccc1F)C(=O)CN(c1ccc(Cl)c(C(F)(F)F)c1)S(=O)(=O)c1ccccc1. The summed E-state index contributed by atoms with van der Waals surface area (Å²) in [5, 5.41) is 2.10. The van der Waals surface area contributed by atoms with Crippen LogP contribution >= 0.6 is 11.6 Å². The van der Waals surface area contributed by atoms with Crippen molar-refractivity contribution in [1.29, 1.82) is 0 Å². The lowest BCUT2D eigenvalue weighted by molar-refractivity contribution is -0.140. The molecule has 13 heteroatoms. The van der Waals surface area contributed by atoms with E-state index in [1.165, 1.54) is 42.5 Å². The summed E-state index contributed by atoms with van der Waals surface area (Å²) in [5.41, 5.74) is -1.08. The van der Waals surface area contributed by atoms with Crippen LogP contribution in [0.2, 0.25) is 5.02 Å². The fourth-order valence-electron chi connectivity index (χ4n) is 4.86. The first kappa shape index (κ1) is 35.4. The Morgan fingerprint density at radius 2 is 1.51 bits per heavy atom. The first-order valence-corrected chi connectivity index (χ1v) is 16.4. The third kappa shape index (κ3) is 8.89. The Bertz CT molecular complexity index is 1790. The van der Waals surface area contributed by atoms with Crippen molar-refractivity contribution in [3.8, 4) is 0 Å². The maximum Gasteiger partial charge on any atom is 0.417 e. The van der Waals surface area contributed by atoms with Crippen molar-refractivity contribution in [3.63, 3.8) is 0 Å². The average molecular weight is 690 g/mol. The van der Waals surface area contributed by atoms with Crippen molar-refractivity contribution in [2.45, 2.75) is 43.4 Å². The maximum atomic E-state index is 15.0. The van der Waals surface area contributed by atoms with Gasteiger partial charge in [-0.3, -0.25) is 13.9 Å². The Balaban J connectivity index is 1.86. The summed E-state index contributed by atoms with van der Waals surface area (Å²) < 4.78 is 85.1. The van der Waals surface area contributed by atoms with Crippen LogP contribution in [-0.4, -0.2) is 44.3 Å². The van der Waals surface area contributed by atoms with Gasteiger partial charge >= 0.3 is 6.18 Å². The normalized spacial score (nSPS) is 12.3. The molecule has 0 saturated heterocycles. The van der Waals surface area contributed by atoms with Crippen LogP contribution in [0, 0.1) is 5.82 Å². The molecule has 4 rings (SSSR count). The Labute approximate surface area is 275 Å². The predicted octanol–water partition coefficient (Wildman–Crippen LogP) is 6.86. The van der Waals surface area contributed by atoms with Crippen LogP contribution < -0.4 is 9.62 Å². The van der Waals surface area contributed by atoms with E-state index in [1.54, 1.807) is 42.5 Å². The molecule has 0 aliphatic heterocycles. The van der Waals surface area contributed by atoms with Gasteiger partial charge in [0.2, 0.25) is 11.8 Å². The Morgan fingerprint density at radius 3 is 2.13 bits per heavy atom. The number of rotatable bonds is 13. The average Bonchev–Trinajstić information content (AvgIpc) is 3.05. The minimum absolute atomic E-state index is 0.0127. The van der Waals surface area contributed by atoms with E-state index in [0.29, 0.717) is 22.4 Å². The molecule has 0 radical (unpaired) electrons. The molecule has 0 fully saturated rings. The number of benzene rings is 4. The van der Waals surface area contributed by atoms with Crippen molar-refractivity contribution in [2.24, 2.45) is 0 Å². The van der Waals surface area contributed by atoms with Gasteiger partial charge in [-0.25, -0.2) is 12.8 Å². The van der Waals surface area contributed by atoms with Gasteiger partial charge in [0.1, 0.15) is 18.4 Å². The van der Waals surface area contributed by atoms with E-state index in [0.717, 1.165) is 17.0 Å². The van der Waals surface area contributed by atoms with Gasteiger partial charge in [-0.2, -0.15) is 13.2 Å². The summed E-state index contributed by atoms with van der Waals surface area (Å²) in [6, 6.07) is 22.5. The van der Waals surface area contributed by atoms with Crippen LogP contribution in [0.4, 0.5) is 23.2 Å². The highest BCUT2D eigenvalue weighted by atomic mass is 35.5. The number of carbonyl (C=O) groups is 2. The van der Waals surface area contributed by atoms with Crippen molar-refractivity contribution >= 4 is 39.1 Å². The molecule has 0 bridgehead atoms. The molecule has 47 heavy (non-hydrogen) atoms. The molecule has 1 atom stereocenters. The zero-order valence-electron chi connectivity index (χ0n) is 25.3. The minimum Gasteiger partial charge on any atom is -0.354 e. The molecule has 4 aromatic carbocycles. The van der Waals surface area contributed by atoms with Gasteiger partial charge in [-0.1, -0.05) is 85.3 Å². The molecule has 248 valence electrons. The number of carbonyl (C=O) groups excluding carboxylic acids is 2. The van der Waals surface area contributed by atoms with E-state index in [2.05, 4.69) is 5.32 Å². The molecule has 0 unspecified atom stereocenters. The largest absolute Gasteiger partial charge is 0.417 e. The lowest BCUT2D eigenvalue weighted by atomic mass is 10.0. The quantitative estimate of drug-likeness (QED) is 0.156. The van der Waals surface area contributed by atoms with Gasteiger partial charge in [0.25, 0.3) is 10.0 Å². The van der Waals surface area contributed by atoms with Crippen molar-refractivity contribution in [1.82, 2.24) is 10.2 Å². The third-order valence-corrected chi connectivity index (χ3v) is 9.39. The molecule has 0 aliphatic rings. The summed E-state index contributed by atoms with van der Waals surface area (Å²) in [6.07, 6.45) is -4.37. The molecule has 4 aromatic rings. The third-order valence-electron chi connectivity index (χ3n) is 7.27. The number of amides is 2. The van der Waals surface area contributed by atoms with E-state index in [1.807, 2.05) is 6.92 Å².